The van der Waals surface area contributed by atoms with E-state index in [-0.39, 0.29) is 29.1 Å². The zero-order valence-electron chi connectivity index (χ0n) is 31.9. The molecule has 0 unspecified atom stereocenters. The first-order chi connectivity index (χ1) is 26.4. The molecule has 4 aromatic rings. The number of carbonyl (C=O) groups is 2. The molecule has 0 bridgehead atoms. The molecule has 1 saturated carbocycles. The maximum atomic E-state index is 13.3. The predicted molar refractivity (Wildman–Crippen MR) is 211 cm³/mol. The lowest BCUT2D eigenvalue weighted by Gasteiger charge is -2.34. The Morgan fingerprint density at radius 1 is 1.02 bits per heavy atom. The smallest absolute Gasteiger partial charge is 0.294 e. The van der Waals surface area contributed by atoms with Crippen molar-refractivity contribution in [3.05, 3.63) is 89.2 Å². The Morgan fingerprint density at radius 2 is 1.78 bits per heavy atom. The number of aromatic hydroxyl groups is 1. The van der Waals surface area contributed by atoms with E-state index in [0.717, 1.165) is 41.5 Å². The van der Waals surface area contributed by atoms with Gasteiger partial charge in [-0.2, -0.15) is 13.5 Å². The number of nitrogens with zero attached hydrogens (tertiary/aromatic N) is 3. The number of benzene rings is 3. The van der Waals surface area contributed by atoms with Crippen LogP contribution in [-0.2, 0) is 44.3 Å². The molecule has 2 amide bonds. The number of amides is 2. The number of carbonyl (C=O) groups excluding carboxylic acids is 2. The van der Waals surface area contributed by atoms with Crippen LogP contribution in [0.2, 0.25) is 0 Å². The lowest BCUT2D eigenvalue weighted by Crippen LogP contribution is -2.45. The van der Waals surface area contributed by atoms with Gasteiger partial charge >= 0.3 is 0 Å². The summed E-state index contributed by atoms with van der Waals surface area (Å²) in [6, 6.07) is 17.1. The fraction of sp³-hybridized carbons (Fsp3) is 0.439. The monoisotopic (exact) mass is 775 g/mol. The van der Waals surface area contributed by atoms with Crippen LogP contribution in [0, 0.1) is 13.8 Å². The summed E-state index contributed by atoms with van der Waals surface area (Å²) in [6.07, 6.45) is 11.4. The van der Waals surface area contributed by atoms with Crippen LogP contribution in [0.15, 0.2) is 71.9 Å². The van der Waals surface area contributed by atoms with Crippen molar-refractivity contribution >= 4 is 27.6 Å². The van der Waals surface area contributed by atoms with E-state index in [1.807, 2.05) is 25.5 Å². The van der Waals surface area contributed by atoms with Crippen molar-refractivity contribution < 1.29 is 37.1 Å². The Hall–Kier alpha value is -4.76. The number of hydrogen-bond acceptors (Lipinski definition) is 9. The van der Waals surface area contributed by atoms with Gasteiger partial charge in [-0.25, -0.2) is 0 Å². The molecule has 0 radical (unpaired) electrons. The number of phenols is 1. The number of ether oxygens (including phenoxy) is 2. The number of nitrogens with one attached hydrogen (secondary N) is 2. The first kappa shape index (κ1) is 41.4. The summed E-state index contributed by atoms with van der Waals surface area (Å²) >= 11 is 0. The standard InChI is InChI=1S/C33H43N5O5.C8H10O3S/c1-37-22-27(21-35-37)25-9-7-24(8-10-25)14-19-42-20-15-31(41)38(28-5-3-2-4-6-28)18-17-34-16-13-26-11-12-29(39)32-33(26)43-23-30(40)36-32;1-6-3-4-7(2)8(5-6)12(9,10)11/h7-12,21-22,28,34,39H,2-6,13-20,23H2,1H3,(H,36,40);3-5H,1-2H3,(H,9,10,11). The third-order valence-electron chi connectivity index (χ3n) is 9.87. The molecule has 0 spiro atoms. The van der Waals surface area contributed by atoms with E-state index in [0.29, 0.717) is 68.7 Å². The maximum absolute atomic E-state index is 13.3. The van der Waals surface area contributed by atoms with Crippen molar-refractivity contribution in [1.29, 1.82) is 0 Å². The first-order valence-electron chi connectivity index (χ1n) is 18.9. The summed E-state index contributed by atoms with van der Waals surface area (Å²) in [5.41, 5.74) is 6.08. The molecule has 0 atom stereocenters. The molecule has 3 aromatic carbocycles. The van der Waals surface area contributed by atoms with Crippen LogP contribution in [0.1, 0.15) is 60.8 Å². The highest BCUT2D eigenvalue weighted by molar-refractivity contribution is 7.85. The molecule has 296 valence electrons. The molecule has 4 N–H and O–H groups in total. The second-order valence-electron chi connectivity index (χ2n) is 14.1. The van der Waals surface area contributed by atoms with Crippen molar-refractivity contribution in [3.8, 4) is 22.6 Å². The van der Waals surface area contributed by atoms with E-state index >= 15 is 0 Å². The highest BCUT2D eigenvalue weighted by Crippen LogP contribution is 2.39. The minimum absolute atomic E-state index is 0.000764. The molecule has 1 aromatic heterocycles. The van der Waals surface area contributed by atoms with Gasteiger partial charge in [-0.05, 0) is 86.0 Å². The zero-order chi connectivity index (χ0) is 39.4. The van der Waals surface area contributed by atoms with Crippen LogP contribution in [0.3, 0.4) is 0 Å². The Balaban J connectivity index is 0.000000413. The van der Waals surface area contributed by atoms with Crippen molar-refractivity contribution in [2.45, 2.75) is 76.2 Å². The lowest BCUT2D eigenvalue weighted by atomic mass is 9.94. The predicted octanol–water partition coefficient (Wildman–Crippen LogP) is 5.62. The van der Waals surface area contributed by atoms with Gasteiger partial charge in [0.2, 0.25) is 5.91 Å². The highest BCUT2D eigenvalue weighted by Gasteiger charge is 2.25. The summed E-state index contributed by atoms with van der Waals surface area (Å²) in [7, 11) is -2.14. The van der Waals surface area contributed by atoms with Gasteiger partial charge in [0.05, 0.1) is 30.7 Å². The Bertz CT molecular complexity index is 2010. The van der Waals surface area contributed by atoms with E-state index in [1.165, 1.54) is 30.9 Å². The molecule has 1 fully saturated rings. The molecule has 2 aliphatic rings. The van der Waals surface area contributed by atoms with E-state index < -0.39 is 10.1 Å². The van der Waals surface area contributed by atoms with Gasteiger partial charge in [0.1, 0.15) is 11.4 Å². The second-order valence-corrected chi connectivity index (χ2v) is 15.5. The average Bonchev–Trinajstić information content (AvgIpc) is 3.61. The second kappa shape index (κ2) is 19.7. The molecule has 13 nitrogen and oxygen atoms in total. The van der Waals surface area contributed by atoms with Gasteiger partial charge < -0.3 is 30.1 Å². The van der Waals surface area contributed by atoms with Gasteiger partial charge in [-0.3, -0.25) is 18.8 Å². The van der Waals surface area contributed by atoms with Gasteiger partial charge in [-0.1, -0.05) is 61.7 Å². The Kier molecular flexibility index (Phi) is 14.8. The molecular weight excluding hydrogens is 723 g/mol. The molecule has 1 aliphatic carbocycles. The summed E-state index contributed by atoms with van der Waals surface area (Å²) in [6.45, 7) is 6.40. The van der Waals surface area contributed by atoms with Crippen molar-refractivity contribution in [3.63, 3.8) is 0 Å². The number of hydrogen-bond donors (Lipinski definition) is 4. The quantitative estimate of drug-likeness (QED) is 0.0675. The minimum atomic E-state index is -4.06. The topological polar surface area (TPSA) is 172 Å². The van der Waals surface area contributed by atoms with E-state index in [2.05, 4.69) is 44.9 Å². The van der Waals surface area contributed by atoms with Crippen molar-refractivity contribution in [2.75, 3.05) is 44.8 Å². The molecule has 0 saturated heterocycles. The van der Waals surface area contributed by atoms with Gasteiger partial charge in [0, 0.05) is 37.9 Å². The number of fused-ring (bicyclic) bond motifs is 1. The lowest BCUT2D eigenvalue weighted by molar-refractivity contribution is -0.135. The number of aryl methyl sites for hydroxylation is 3. The van der Waals surface area contributed by atoms with Gasteiger partial charge in [0.15, 0.2) is 12.4 Å². The fourth-order valence-electron chi connectivity index (χ4n) is 6.88. The summed E-state index contributed by atoms with van der Waals surface area (Å²) in [5.74, 6) is 0.414. The van der Waals surface area contributed by atoms with Crippen LogP contribution in [0.5, 0.6) is 11.5 Å². The molecule has 55 heavy (non-hydrogen) atoms. The molecule has 6 rings (SSSR count). The van der Waals surface area contributed by atoms with Crippen LogP contribution in [0.25, 0.3) is 11.1 Å². The maximum Gasteiger partial charge on any atom is 0.294 e. The number of rotatable bonds is 15. The average molecular weight is 776 g/mol. The van der Waals surface area contributed by atoms with Crippen LogP contribution >= 0.6 is 0 Å². The fourth-order valence-corrected chi connectivity index (χ4v) is 7.69. The summed E-state index contributed by atoms with van der Waals surface area (Å²) < 4.78 is 43.6. The number of aromatic nitrogens is 2. The number of anilines is 1. The largest absolute Gasteiger partial charge is 0.506 e. The third kappa shape index (κ3) is 12.1. The van der Waals surface area contributed by atoms with Crippen LogP contribution in [0.4, 0.5) is 5.69 Å². The molecule has 2 heterocycles. The first-order valence-corrected chi connectivity index (χ1v) is 20.3. The van der Waals surface area contributed by atoms with Gasteiger partial charge in [0.25, 0.3) is 16.0 Å². The van der Waals surface area contributed by atoms with Crippen molar-refractivity contribution in [1.82, 2.24) is 20.0 Å². The van der Waals surface area contributed by atoms with E-state index in [1.54, 1.807) is 36.7 Å². The highest BCUT2D eigenvalue weighted by atomic mass is 32.2. The minimum Gasteiger partial charge on any atom is -0.506 e. The zero-order valence-corrected chi connectivity index (χ0v) is 32.7. The van der Waals surface area contributed by atoms with Crippen molar-refractivity contribution in [2.24, 2.45) is 7.05 Å². The third-order valence-corrected chi connectivity index (χ3v) is 10.9. The summed E-state index contributed by atoms with van der Waals surface area (Å²) in [5, 5.41) is 20.5. The van der Waals surface area contributed by atoms with Crippen LogP contribution in [-0.4, -0.2) is 90.1 Å². The van der Waals surface area contributed by atoms with Gasteiger partial charge in [-0.15, -0.1) is 0 Å². The Labute approximate surface area is 323 Å². The van der Waals surface area contributed by atoms with Crippen LogP contribution < -0.4 is 15.4 Å². The van der Waals surface area contributed by atoms with E-state index in [4.69, 9.17) is 14.0 Å². The number of phenolic OH excluding ortho intramolecular Hbond substituents is 1. The normalized spacial score (nSPS) is 14.3. The molecule has 14 heteroatoms. The Morgan fingerprint density at radius 3 is 2.47 bits per heavy atom. The molecule has 1 aliphatic heterocycles. The SMILES string of the molecule is Cc1ccc(C)c(S(=O)(=O)O)c1.Cn1cc(-c2ccc(CCOCCC(=O)N(CCNCCc3ccc(O)c4c3OCC(=O)N4)C3CCCCC3)cc2)cn1. The summed E-state index contributed by atoms with van der Waals surface area (Å²) in [4.78, 5) is 27.0. The molecular formula is C41H53N5O8S. The van der Waals surface area contributed by atoms with E-state index in [9.17, 15) is 23.1 Å².